The minimum atomic E-state index is -0.551. The molecule has 1 aliphatic rings. The summed E-state index contributed by atoms with van der Waals surface area (Å²) in [6, 6.07) is 14.4. The number of carbonyl (C=O) groups is 2. The predicted octanol–water partition coefficient (Wildman–Crippen LogP) is 3.02. The second-order valence-corrected chi connectivity index (χ2v) is 7.35. The molecule has 0 spiro atoms. The van der Waals surface area contributed by atoms with E-state index in [1.807, 2.05) is 24.3 Å². The van der Waals surface area contributed by atoms with Crippen molar-refractivity contribution in [2.24, 2.45) is 0 Å². The van der Waals surface area contributed by atoms with Gasteiger partial charge in [-0.25, -0.2) is 0 Å². The molecular weight excluding hydrogens is 374 g/mol. The van der Waals surface area contributed by atoms with Gasteiger partial charge in [-0.2, -0.15) is 0 Å². The SMILES string of the molecule is CCCNCCNC(=O)C1Cc2ccccc2CN1C(=O)c1ccccc1Cl. The Labute approximate surface area is 171 Å². The average Bonchev–Trinajstić information content (AvgIpc) is 2.72. The van der Waals surface area contributed by atoms with E-state index in [9.17, 15) is 9.59 Å². The number of nitrogens with zero attached hydrogens (tertiary/aromatic N) is 1. The molecular formula is C22H26ClN3O2. The highest BCUT2D eigenvalue weighted by Crippen LogP contribution is 2.27. The van der Waals surface area contributed by atoms with Crippen molar-refractivity contribution >= 4 is 23.4 Å². The maximum atomic E-state index is 13.2. The first kappa shape index (κ1) is 20.4. The summed E-state index contributed by atoms with van der Waals surface area (Å²) in [5.41, 5.74) is 2.59. The van der Waals surface area contributed by atoms with E-state index in [0.717, 1.165) is 24.1 Å². The van der Waals surface area contributed by atoms with Gasteiger partial charge < -0.3 is 15.5 Å². The molecule has 0 radical (unpaired) electrons. The smallest absolute Gasteiger partial charge is 0.256 e. The van der Waals surface area contributed by atoms with Crippen molar-refractivity contribution in [1.29, 1.82) is 0 Å². The molecule has 3 rings (SSSR count). The van der Waals surface area contributed by atoms with Crippen molar-refractivity contribution in [2.75, 3.05) is 19.6 Å². The zero-order valence-corrected chi connectivity index (χ0v) is 16.8. The normalized spacial score (nSPS) is 15.8. The predicted molar refractivity (Wildman–Crippen MR) is 111 cm³/mol. The van der Waals surface area contributed by atoms with Crippen LogP contribution in [0.2, 0.25) is 5.02 Å². The van der Waals surface area contributed by atoms with Crippen LogP contribution >= 0.6 is 11.6 Å². The second kappa shape index (κ2) is 9.71. The van der Waals surface area contributed by atoms with Crippen LogP contribution in [0.5, 0.6) is 0 Å². The number of carbonyl (C=O) groups excluding carboxylic acids is 2. The van der Waals surface area contributed by atoms with Crippen LogP contribution in [0.15, 0.2) is 48.5 Å². The van der Waals surface area contributed by atoms with Crippen LogP contribution < -0.4 is 10.6 Å². The number of fused-ring (bicyclic) bond motifs is 1. The lowest BCUT2D eigenvalue weighted by molar-refractivity contribution is -0.126. The first-order valence-corrected chi connectivity index (χ1v) is 10.1. The zero-order valence-electron chi connectivity index (χ0n) is 16.1. The van der Waals surface area contributed by atoms with Crippen LogP contribution in [0.3, 0.4) is 0 Å². The van der Waals surface area contributed by atoms with Gasteiger partial charge in [-0.3, -0.25) is 9.59 Å². The van der Waals surface area contributed by atoms with E-state index in [0.29, 0.717) is 36.6 Å². The van der Waals surface area contributed by atoms with Gasteiger partial charge in [0.25, 0.3) is 5.91 Å². The molecule has 1 heterocycles. The van der Waals surface area contributed by atoms with Gasteiger partial charge in [0.15, 0.2) is 0 Å². The molecule has 28 heavy (non-hydrogen) atoms. The third-order valence-electron chi connectivity index (χ3n) is 4.94. The molecule has 0 aromatic heterocycles. The zero-order chi connectivity index (χ0) is 19.9. The Morgan fingerprint density at radius 2 is 1.75 bits per heavy atom. The Bertz CT molecular complexity index is 840. The van der Waals surface area contributed by atoms with E-state index in [2.05, 4.69) is 17.6 Å². The Balaban J connectivity index is 1.79. The number of hydrogen-bond donors (Lipinski definition) is 2. The summed E-state index contributed by atoms with van der Waals surface area (Å²) in [5.74, 6) is -0.349. The lowest BCUT2D eigenvalue weighted by Gasteiger charge is -2.36. The van der Waals surface area contributed by atoms with E-state index < -0.39 is 6.04 Å². The minimum absolute atomic E-state index is 0.131. The monoisotopic (exact) mass is 399 g/mol. The van der Waals surface area contributed by atoms with Crippen molar-refractivity contribution in [3.63, 3.8) is 0 Å². The van der Waals surface area contributed by atoms with Crippen molar-refractivity contribution < 1.29 is 9.59 Å². The highest BCUT2D eigenvalue weighted by molar-refractivity contribution is 6.33. The van der Waals surface area contributed by atoms with Gasteiger partial charge in [-0.1, -0.05) is 54.9 Å². The summed E-state index contributed by atoms with van der Waals surface area (Å²) in [6.45, 7) is 4.66. The lowest BCUT2D eigenvalue weighted by Crippen LogP contribution is -2.53. The second-order valence-electron chi connectivity index (χ2n) is 6.94. The molecule has 1 unspecified atom stereocenters. The molecule has 0 saturated heterocycles. The quantitative estimate of drug-likeness (QED) is 0.703. The molecule has 0 fully saturated rings. The number of halogens is 1. The fourth-order valence-corrected chi connectivity index (χ4v) is 3.67. The highest BCUT2D eigenvalue weighted by Gasteiger charge is 2.35. The van der Waals surface area contributed by atoms with Crippen LogP contribution in [0, 0.1) is 0 Å². The summed E-state index contributed by atoms with van der Waals surface area (Å²) in [6.07, 6.45) is 1.55. The van der Waals surface area contributed by atoms with Gasteiger partial charge in [0, 0.05) is 26.1 Å². The minimum Gasteiger partial charge on any atom is -0.353 e. The lowest BCUT2D eigenvalue weighted by atomic mass is 9.92. The van der Waals surface area contributed by atoms with E-state index >= 15 is 0 Å². The fourth-order valence-electron chi connectivity index (χ4n) is 3.45. The van der Waals surface area contributed by atoms with E-state index in [-0.39, 0.29) is 11.8 Å². The van der Waals surface area contributed by atoms with Crippen molar-refractivity contribution in [1.82, 2.24) is 15.5 Å². The molecule has 0 saturated carbocycles. The summed E-state index contributed by atoms with van der Waals surface area (Å²) in [7, 11) is 0. The van der Waals surface area contributed by atoms with Crippen LogP contribution in [0.25, 0.3) is 0 Å². The molecule has 2 aromatic carbocycles. The Hall–Kier alpha value is -2.37. The molecule has 2 amide bonds. The number of amides is 2. The molecule has 2 aromatic rings. The molecule has 1 atom stereocenters. The van der Waals surface area contributed by atoms with Crippen LogP contribution in [-0.2, 0) is 17.8 Å². The summed E-state index contributed by atoms with van der Waals surface area (Å²) < 4.78 is 0. The summed E-state index contributed by atoms with van der Waals surface area (Å²) >= 11 is 6.24. The third kappa shape index (κ3) is 4.72. The van der Waals surface area contributed by atoms with Gasteiger partial charge in [0.05, 0.1) is 10.6 Å². The number of nitrogens with one attached hydrogen (secondary N) is 2. The van der Waals surface area contributed by atoms with Gasteiger partial charge in [-0.15, -0.1) is 0 Å². The molecule has 6 heteroatoms. The number of benzene rings is 2. The maximum absolute atomic E-state index is 13.2. The van der Waals surface area contributed by atoms with Gasteiger partial charge in [0.2, 0.25) is 5.91 Å². The molecule has 5 nitrogen and oxygen atoms in total. The number of rotatable bonds is 7. The summed E-state index contributed by atoms with van der Waals surface area (Å²) in [4.78, 5) is 27.8. The first-order valence-electron chi connectivity index (χ1n) is 9.72. The Morgan fingerprint density at radius 1 is 1.04 bits per heavy atom. The first-order chi connectivity index (χ1) is 13.6. The van der Waals surface area contributed by atoms with Crippen LogP contribution in [-0.4, -0.2) is 42.4 Å². The van der Waals surface area contributed by atoms with Crippen molar-refractivity contribution in [3.05, 3.63) is 70.2 Å². The number of hydrogen-bond acceptors (Lipinski definition) is 3. The van der Waals surface area contributed by atoms with Gasteiger partial charge in [0.1, 0.15) is 6.04 Å². The van der Waals surface area contributed by atoms with Crippen LogP contribution in [0.4, 0.5) is 0 Å². The topological polar surface area (TPSA) is 61.4 Å². The largest absolute Gasteiger partial charge is 0.353 e. The van der Waals surface area contributed by atoms with Crippen LogP contribution in [0.1, 0.15) is 34.8 Å². The average molecular weight is 400 g/mol. The van der Waals surface area contributed by atoms with Crippen molar-refractivity contribution in [2.45, 2.75) is 32.4 Å². The third-order valence-corrected chi connectivity index (χ3v) is 5.27. The fraction of sp³-hybridized carbons (Fsp3) is 0.364. The van der Waals surface area contributed by atoms with Gasteiger partial charge in [-0.05, 0) is 36.2 Å². The Kier molecular flexibility index (Phi) is 7.06. The highest BCUT2D eigenvalue weighted by atomic mass is 35.5. The molecule has 148 valence electrons. The molecule has 0 bridgehead atoms. The standard InChI is InChI=1S/C22H26ClN3O2/c1-2-11-24-12-13-25-21(27)20-14-16-7-3-4-8-17(16)15-26(20)22(28)18-9-5-6-10-19(18)23/h3-10,20,24H,2,11-15H2,1H3,(H,25,27). The van der Waals surface area contributed by atoms with E-state index in [1.165, 1.54) is 0 Å². The van der Waals surface area contributed by atoms with Gasteiger partial charge >= 0.3 is 0 Å². The summed E-state index contributed by atoms with van der Waals surface area (Å²) in [5, 5.41) is 6.63. The maximum Gasteiger partial charge on any atom is 0.256 e. The molecule has 0 aliphatic carbocycles. The van der Waals surface area contributed by atoms with E-state index in [4.69, 9.17) is 11.6 Å². The van der Waals surface area contributed by atoms with E-state index in [1.54, 1.807) is 29.2 Å². The van der Waals surface area contributed by atoms with Crippen molar-refractivity contribution in [3.8, 4) is 0 Å². The molecule has 1 aliphatic heterocycles. The molecule has 2 N–H and O–H groups in total. The Morgan fingerprint density at radius 3 is 2.50 bits per heavy atom.